The fourth-order valence-electron chi connectivity index (χ4n) is 2.44. The van der Waals surface area contributed by atoms with Crippen LogP contribution in [-0.4, -0.2) is 26.4 Å². The highest BCUT2D eigenvalue weighted by molar-refractivity contribution is 7.99. The first-order chi connectivity index (χ1) is 13.8. The minimum absolute atomic E-state index is 0.130. The first-order valence-corrected chi connectivity index (χ1v) is 10.6. The molecule has 0 spiro atoms. The van der Waals surface area contributed by atoms with Crippen LogP contribution in [-0.2, 0) is 18.4 Å². The molecule has 6 nitrogen and oxygen atoms in total. The standard InChI is InChI=1S/C19H17Cl3N4O2S/c1-11-8-12(20)6-7-15(11)28-9-16-24-25-19(26(16)2)29-10-17(27)23-18-13(21)4-3-5-14(18)22/h3-8H,9-10H2,1-2H3,(H,23,27). The van der Waals surface area contributed by atoms with Crippen LogP contribution in [0.2, 0.25) is 15.1 Å². The van der Waals surface area contributed by atoms with Gasteiger partial charge in [-0.25, -0.2) is 0 Å². The summed E-state index contributed by atoms with van der Waals surface area (Å²) >= 11 is 19.4. The van der Waals surface area contributed by atoms with Gasteiger partial charge >= 0.3 is 0 Å². The fourth-order valence-corrected chi connectivity index (χ4v) is 3.88. The highest BCUT2D eigenvalue weighted by Crippen LogP contribution is 2.30. The monoisotopic (exact) mass is 470 g/mol. The molecule has 29 heavy (non-hydrogen) atoms. The van der Waals surface area contributed by atoms with Gasteiger partial charge in [-0.05, 0) is 42.8 Å². The molecule has 0 bridgehead atoms. The zero-order valence-electron chi connectivity index (χ0n) is 15.6. The lowest BCUT2D eigenvalue weighted by molar-refractivity contribution is -0.113. The van der Waals surface area contributed by atoms with Crippen LogP contribution in [0.25, 0.3) is 0 Å². The van der Waals surface area contributed by atoms with Crippen LogP contribution >= 0.6 is 46.6 Å². The average molecular weight is 472 g/mol. The van der Waals surface area contributed by atoms with Crippen molar-refractivity contribution in [2.24, 2.45) is 7.05 Å². The van der Waals surface area contributed by atoms with E-state index < -0.39 is 0 Å². The second-order valence-electron chi connectivity index (χ2n) is 6.09. The fraction of sp³-hybridized carbons (Fsp3) is 0.211. The van der Waals surface area contributed by atoms with E-state index in [1.807, 2.05) is 26.1 Å². The van der Waals surface area contributed by atoms with E-state index in [0.29, 0.717) is 31.7 Å². The number of benzene rings is 2. The summed E-state index contributed by atoms with van der Waals surface area (Å²) in [4.78, 5) is 12.2. The van der Waals surface area contributed by atoms with Gasteiger partial charge in [0.1, 0.15) is 12.4 Å². The number of aryl methyl sites for hydroxylation is 1. The van der Waals surface area contributed by atoms with Crippen molar-refractivity contribution in [3.8, 4) is 5.75 Å². The van der Waals surface area contributed by atoms with E-state index in [-0.39, 0.29) is 18.3 Å². The molecule has 0 saturated carbocycles. The Kier molecular flexibility index (Phi) is 7.29. The Balaban J connectivity index is 1.57. The van der Waals surface area contributed by atoms with Crippen molar-refractivity contribution in [1.29, 1.82) is 0 Å². The molecule has 0 aliphatic rings. The molecule has 1 heterocycles. The molecule has 2 aromatic carbocycles. The van der Waals surface area contributed by atoms with E-state index in [2.05, 4.69) is 15.5 Å². The minimum atomic E-state index is -0.248. The van der Waals surface area contributed by atoms with Crippen LogP contribution in [0.4, 0.5) is 5.69 Å². The zero-order chi connectivity index (χ0) is 21.0. The first kappa shape index (κ1) is 21.8. The Labute approximate surface area is 187 Å². The smallest absolute Gasteiger partial charge is 0.234 e. The highest BCUT2D eigenvalue weighted by Gasteiger charge is 2.14. The van der Waals surface area contributed by atoms with Crippen LogP contribution in [0.15, 0.2) is 41.6 Å². The largest absolute Gasteiger partial charge is 0.485 e. The summed E-state index contributed by atoms with van der Waals surface area (Å²) in [7, 11) is 1.82. The second-order valence-corrected chi connectivity index (χ2v) is 8.28. The van der Waals surface area contributed by atoms with Gasteiger partial charge in [0.05, 0.1) is 21.5 Å². The van der Waals surface area contributed by atoms with E-state index in [9.17, 15) is 4.79 Å². The van der Waals surface area contributed by atoms with Gasteiger partial charge in [0, 0.05) is 12.1 Å². The zero-order valence-corrected chi connectivity index (χ0v) is 18.7. The molecule has 3 aromatic rings. The van der Waals surface area contributed by atoms with Gasteiger partial charge in [0.2, 0.25) is 5.91 Å². The number of hydrogen-bond donors (Lipinski definition) is 1. The summed E-state index contributed by atoms with van der Waals surface area (Å²) < 4.78 is 7.59. The number of para-hydroxylation sites is 1. The minimum Gasteiger partial charge on any atom is -0.485 e. The van der Waals surface area contributed by atoms with Crippen molar-refractivity contribution in [2.45, 2.75) is 18.7 Å². The van der Waals surface area contributed by atoms with Gasteiger partial charge in [-0.3, -0.25) is 4.79 Å². The summed E-state index contributed by atoms with van der Waals surface area (Å²) in [5.74, 6) is 1.24. The maximum Gasteiger partial charge on any atom is 0.234 e. The second kappa shape index (κ2) is 9.71. The average Bonchev–Trinajstić information content (AvgIpc) is 3.02. The van der Waals surface area contributed by atoms with Crippen molar-refractivity contribution in [2.75, 3.05) is 11.1 Å². The molecular weight excluding hydrogens is 455 g/mol. The SMILES string of the molecule is Cc1cc(Cl)ccc1OCc1nnc(SCC(=O)Nc2c(Cl)cccc2Cl)n1C. The van der Waals surface area contributed by atoms with Crippen molar-refractivity contribution in [3.63, 3.8) is 0 Å². The number of carbonyl (C=O) groups excluding carboxylic acids is 1. The number of ether oxygens (including phenoxy) is 1. The number of anilines is 1. The lowest BCUT2D eigenvalue weighted by Crippen LogP contribution is -2.15. The molecule has 10 heteroatoms. The predicted molar refractivity (Wildman–Crippen MR) is 117 cm³/mol. The Morgan fingerprint density at radius 2 is 1.90 bits per heavy atom. The van der Waals surface area contributed by atoms with Gasteiger partial charge < -0.3 is 14.6 Å². The molecule has 152 valence electrons. The van der Waals surface area contributed by atoms with E-state index in [4.69, 9.17) is 39.5 Å². The van der Waals surface area contributed by atoms with E-state index in [0.717, 1.165) is 11.3 Å². The number of hydrogen-bond acceptors (Lipinski definition) is 5. The quantitative estimate of drug-likeness (QED) is 0.468. The summed E-state index contributed by atoms with van der Waals surface area (Å²) in [6.45, 7) is 2.16. The van der Waals surface area contributed by atoms with Crippen LogP contribution in [0.5, 0.6) is 5.75 Å². The van der Waals surface area contributed by atoms with Crippen LogP contribution in [0.3, 0.4) is 0 Å². The molecule has 0 fully saturated rings. The molecular formula is C19H17Cl3N4O2S. The van der Waals surface area contributed by atoms with Gasteiger partial charge in [0.25, 0.3) is 0 Å². The number of rotatable bonds is 7. The van der Waals surface area contributed by atoms with Gasteiger partial charge in [-0.2, -0.15) is 0 Å². The molecule has 0 saturated heterocycles. The summed E-state index contributed by atoms with van der Waals surface area (Å²) in [6, 6.07) is 10.4. The lowest BCUT2D eigenvalue weighted by atomic mass is 10.2. The number of nitrogens with zero attached hydrogens (tertiary/aromatic N) is 3. The molecule has 3 rings (SSSR count). The Hall–Kier alpha value is -1.93. The third-order valence-corrected chi connectivity index (χ3v) is 5.86. The number of nitrogens with one attached hydrogen (secondary N) is 1. The van der Waals surface area contributed by atoms with Crippen molar-refractivity contribution < 1.29 is 9.53 Å². The van der Waals surface area contributed by atoms with Crippen molar-refractivity contribution in [3.05, 3.63) is 62.9 Å². The number of carbonyl (C=O) groups is 1. The number of halogens is 3. The summed E-state index contributed by atoms with van der Waals surface area (Å²) in [6.07, 6.45) is 0. The number of amides is 1. The van der Waals surface area contributed by atoms with E-state index in [1.165, 1.54) is 11.8 Å². The summed E-state index contributed by atoms with van der Waals surface area (Å²) in [5.41, 5.74) is 1.33. The topological polar surface area (TPSA) is 69.0 Å². The molecule has 1 aromatic heterocycles. The molecule has 0 aliphatic carbocycles. The third-order valence-electron chi connectivity index (χ3n) is 3.98. The maximum absolute atomic E-state index is 12.2. The Morgan fingerprint density at radius 3 is 2.59 bits per heavy atom. The van der Waals surface area contributed by atoms with E-state index in [1.54, 1.807) is 28.8 Å². The van der Waals surface area contributed by atoms with Crippen molar-refractivity contribution >= 4 is 58.2 Å². The van der Waals surface area contributed by atoms with Gasteiger partial charge in [-0.15, -0.1) is 10.2 Å². The first-order valence-electron chi connectivity index (χ1n) is 8.49. The molecule has 0 unspecified atom stereocenters. The number of thioether (sulfide) groups is 1. The van der Waals surface area contributed by atoms with Crippen molar-refractivity contribution in [1.82, 2.24) is 14.8 Å². The van der Waals surface area contributed by atoms with Gasteiger partial charge in [0.15, 0.2) is 11.0 Å². The van der Waals surface area contributed by atoms with Crippen LogP contribution in [0, 0.1) is 6.92 Å². The Bertz CT molecular complexity index is 1020. The summed E-state index contributed by atoms with van der Waals surface area (Å²) in [5, 5.41) is 13.0. The van der Waals surface area contributed by atoms with E-state index >= 15 is 0 Å². The maximum atomic E-state index is 12.2. The molecule has 0 aliphatic heterocycles. The molecule has 0 radical (unpaired) electrons. The number of aromatic nitrogens is 3. The van der Waals surface area contributed by atoms with Gasteiger partial charge in [-0.1, -0.05) is 52.6 Å². The normalized spacial score (nSPS) is 10.8. The molecule has 1 N–H and O–H groups in total. The molecule has 1 amide bonds. The highest BCUT2D eigenvalue weighted by atomic mass is 35.5. The third kappa shape index (κ3) is 5.57. The Morgan fingerprint density at radius 1 is 1.17 bits per heavy atom. The van der Waals surface area contributed by atoms with Crippen LogP contribution in [0.1, 0.15) is 11.4 Å². The predicted octanol–water partition coefficient (Wildman–Crippen LogP) is 5.39. The van der Waals surface area contributed by atoms with Crippen LogP contribution < -0.4 is 10.1 Å². The molecule has 0 atom stereocenters. The lowest BCUT2D eigenvalue weighted by Gasteiger charge is -2.10.